The van der Waals surface area contributed by atoms with Crippen molar-refractivity contribution in [3.8, 4) is 5.69 Å². The molecule has 0 fully saturated rings. The summed E-state index contributed by atoms with van der Waals surface area (Å²) in [7, 11) is 3.99. The van der Waals surface area contributed by atoms with Gasteiger partial charge in [0.2, 0.25) is 0 Å². The van der Waals surface area contributed by atoms with Crippen LogP contribution in [0.5, 0.6) is 0 Å². The summed E-state index contributed by atoms with van der Waals surface area (Å²) in [5.74, 6) is -0.301. The summed E-state index contributed by atoms with van der Waals surface area (Å²) in [5, 5.41) is 7.17. The van der Waals surface area contributed by atoms with E-state index < -0.39 is 0 Å². The predicted molar refractivity (Wildman–Crippen MR) is 110 cm³/mol. The lowest BCUT2D eigenvalue weighted by Gasteiger charge is -2.24. The molecule has 0 spiro atoms. The number of carbonyl (C=O) groups excluding carboxylic acids is 1. The van der Waals surface area contributed by atoms with Crippen molar-refractivity contribution in [2.24, 2.45) is 0 Å². The Kier molecular flexibility index (Phi) is 6.34. The van der Waals surface area contributed by atoms with Crippen LogP contribution in [-0.2, 0) is 6.42 Å². The molecule has 2 aromatic carbocycles. The number of nitrogens with zero attached hydrogens (tertiary/aromatic N) is 3. The van der Waals surface area contributed by atoms with E-state index in [-0.39, 0.29) is 23.2 Å². The molecule has 6 heteroatoms. The van der Waals surface area contributed by atoms with Gasteiger partial charge in [-0.15, -0.1) is 0 Å². The van der Waals surface area contributed by atoms with Crippen LogP contribution < -0.4 is 10.9 Å². The minimum atomic E-state index is -0.301. The first-order chi connectivity index (χ1) is 13.5. The SMILES string of the molecule is CN(C)C(CNC(=O)c1ccc(=O)n(-c2ccccc2)n1)Cc1ccccc1. The van der Waals surface area contributed by atoms with E-state index in [4.69, 9.17) is 0 Å². The molecule has 1 amide bonds. The van der Waals surface area contributed by atoms with Gasteiger partial charge in [0.05, 0.1) is 5.69 Å². The minimum absolute atomic E-state index is 0.145. The molecule has 3 aromatic rings. The number of para-hydroxylation sites is 1. The average molecular weight is 376 g/mol. The van der Waals surface area contributed by atoms with Gasteiger partial charge in [-0.2, -0.15) is 9.78 Å². The topological polar surface area (TPSA) is 67.2 Å². The Bertz CT molecular complexity index is 969. The molecular formula is C22H24N4O2. The normalized spacial score (nSPS) is 12.0. The van der Waals surface area contributed by atoms with Gasteiger partial charge in [-0.05, 0) is 44.3 Å². The van der Waals surface area contributed by atoms with Gasteiger partial charge in [-0.25, -0.2) is 0 Å². The second kappa shape index (κ2) is 9.10. The van der Waals surface area contributed by atoms with Crippen LogP contribution in [-0.4, -0.2) is 47.3 Å². The molecule has 1 atom stereocenters. The van der Waals surface area contributed by atoms with E-state index in [1.807, 2.05) is 50.5 Å². The van der Waals surface area contributed by atoms with Gasteiger partial charge in [-0.1, -0.05) is 48.5 Å². The zero-order valence-electron chi connectivity index (χ0n) is 16.1. The van der Waals surface area contributed by atoms with Crippen LogP contribution in [0.1, 0.15) is 16.1 Å². The summed E-state index contributed by atoms with van der Waals surface area (Å²) in [5.41, 5.74) is 1.77. The average Bonchev–Trinajstić information content (AvgIpc) is 2.72. The van der Waals surface area contributed by atoms with Crippen LogP contribution in [0.15, 0.2) is 77.6 Å². The van der Waals surface area contributed by atoms with Crippen molar-refractivity contribution < 1.29 is 4.79 Å². The second-order valence-corrected chi connectivity index (χ2v) is 6.82. The summed E-state index contributed by atoms with van der Waals surface area (Å²) in [6, 6.07) is 22.2. The van der Waals surface area contributed by atoms with Gasteiger partial charge in [0, 0.05) is 18.7 Å². The first-order valence-electron chi connectivity index (χ1n) is 9.19. The molecule has 0 aliphatic carbocycles. The Morgan fingerprint density at radius 2 is 1.64 bits per heavy atom. The Hall–Kier alpha value is -3.25. The van der Waals surface area contributed by atoms with Gasteiger partial charge in [-0.3, -0.25) is 9.59 Å². The van der Waals surface area contributed by atoms with Gasteiger partial charge in [0.25, 0.3) is 11.5 Å². The van der Waals surface area contributed by atoms with E-state index in [1.54, 1.807) is 12.1 Å². The molecule has 1 unspecified atom stereocenters. The number of aromatic nitrogens is 2. The fourth-order valence-electron chi connectivity index (χ4n) is 2.91. The maximum absolute atomic E-state index is 12.6. The first kappa shape index (κ1) is 19.5. The molecule has 28 heavy (non-hydrogen) atoms. The lowest BCUT2D eigenvalue weighted by atomic mass is 10.1. The van der Waals surface area contributed by atoms with Crippen molar-refractivity contribution in [3.05, 3.63) is 94.4 Å². The van der Waals surface area contributed by atoms with Crippen molar-refractivity contribution in [1.29, 1.82) is 0 Å². The largest absolute Gasteiger partial charge is 0.349 e. The monoisotopic (exact) mass is 376 g/mol. The zero-order chi connectivity index (χ0) is 19.9. The molecule has 1 heterocycles. The molecule has 3 rings (SSSR count). The third-order valence-electron chi connectivity index (χ3n) is 4.58. The van der Waals surface area contributed by atoms with E-state index >= 15 is 0 Å². The van der Waals surface area contributed by atoms with Crippen molar-refractivity contribution in [3.63, 3.8) is 0 Å². The van der Waals surface area contributed by atoms with E-state index in [1.165, 1.54) is 22.4 Å². The highest BCUT2D eigenvalue weighted by Gasteiger charge is 2.16. The number of likely N-dealkylation sites (N-methyl/N-ethyl adjacent to an activating group) is 1. The van der Waals surface area contributed by atoms with Crippen LogP contribution in [0.3, 0.4) is 0 Å². The Balaban J connectivity index is 1.71. The van der Waals surface area contributed by atoms with E-state index in [0.717, 1.165) is 6.42 Å². The molecule has 0 saturated carbocycles. The Labute approximate surface area is 164 Å². The van der Waals surface area contributed by atoms with Crippen LogP contribution in [0.2, 0.25) is 0 Å². The summed E-state index contributed by atoms with van der Waals surface area (Å²) in [6.07, 6.45) is 0.824. The molecule has 0 aliphatic rings. The Morgan fingerprint density at radius 3 is 2.29 bits per heavy atom. The molecule has 1 aromatic heterocycles. The van der Waals surface area contributed by atoms with Crippen LogP contribution in [0.25, 0.3) is 5.69 Å². The summed E-state index contributed by atoms with van der Waals surface area (Å²) in [6.45, 7) is 0.479. The summed E-state index contributed by atoms with van der Waals surface area (Å²) < 4.78 is 1.24. The smallest absolute Gasteiger partial charge is 0.271 e. The number of hydrogen-bond donors (Lipinski definition) is 1. The Morgan fingerprint density at radius 1 is 1.00 bits per heavy atom. The molecular weight excluding hydrogens is 352 g/mol. The second-order valence-electron chi connectivity index (χ2n) is 6.82. The highest BCUT2D eigenvalue weighted by Crippen LogP contribution is 2.07. The molecule has 1 N–H and O–H groups in total. The van der Waals surface area contributed by atoms with Crippen molar-refractivity contribution in [2.45, 2.75) is 12.5 Å². The van der Waals surface area contributed by atoms with E-state index in [9.17, 15) is 9.59 Å². The minimum Gasteiger partial charge on any atom is -0.349 e. The van der Waals surface area contributed by atoms with Crippen molar-refractivity contribution in [1.82, 2.24) is 20.0 Å². The summed E-state index contributed by atoms with van der Waals surface area (Å²) >= 11 is 0. The van der Waals surface area contributed by atoms with Crippen LogP contribution >= 0.6 is 0 Å². The molecule has 0 bridgehead atoms. The highest BCUT2D eigenvalue weighted by molar-refractivity contribution is 5.92. The lowest BCUT2D eigenvalue weighted by molar-refractivity contribution is 0.0935. The third kappa shape index (κ3) is 4.92. The third-order valence-corrected chi connectivity index (χ3v) is 4.58. The molecule has 0 saturated heterocycles. The summed E-state index contributed by atoms with van der Waals surface area (Å²) in [4.78, 5) is 26.8. The number of carbonyl (C=O) groups is 1. The molecule has 144 valence electrons. The zero-order valence-corrected chi connectivity index (χ0v) is 16.1. The fraction of sp³-hybridized carbons (Fsp3) is 0.227. The number of rotatable bonds is 7. The molecule has 0 radical (unpaired) electrons. The predicted octanol–water partition coefficient (Wildman–Crippen LogP) is 2.14. The number of amides is 1. The van der Waals surface area contributed by atoms with Crippen LogP contribution in [0.4, 0.5) is 0 Å². The lowest BCUT2D eigenvalue weighted by Crippen LogP contribution is -2.42. The van der Waals surface area contributed by atoms with Crippen molar-refractivity contribution in [2.75, 3.05) is 20.6 Å². The van der Waals surface area contributed by atoms with E-state index in [0.29, 0.717) is 12.2 Å². The maximum Gasteiger partial charge on any atom is 0.271 e. The fourth-order valence-corrected chi connectivity index (χ4v) is 2.91. The molecule has 6 nitrogen and oxygen atoms in total. The standard InChI is InChI=1S/C22H24N4O2/c1-25(2)19(15-17-9-5-3-6-10-17)16-23-22(28)20-13-14-21(27)26(24-20)18-11-7-4-8-12-18/h3-14,19H,15-16H2,1-2H3,(H,23,28). The van der Waals surface area contributed by atoms with Crippen molar-refractivity contribution >= 4 is 5.91 Å². The van der Waals surface area contributed by atoms with Gasteiger partial charge in [0.1, 0.15) is 5.69 Å². The van der Waals surface area contributed by atoms with E-state index in [2.05, 4.69) is 27.4 Å². The van der Waals surface area contributed by atoms with Gasteiger partial charge < -0.3 is 10.2 Å². The van der Waals surface area contributed by atoms with Gasteiger partial charge >= 0.3 is 0 Å². The number of hydrogen-bond acceptors (Lipinski definition) is 4. The number of benzene rings is 2. The van der Waals surface area contributed by atoms with Gasteiger partial charge in [0.15, 0.2) is 0 Å². The number of nitrogens with one attached hydrogen (secondary N) is 1. The maximum atomic E-state index is 12.6. The molecule has 0 aliphatic heterocycles. The quantitative estimate of drug-likeness (QED) is 0.686. The highest BCUT2D eigenvalue weighted by atomic mass is 16.2. The first-order valence-corrected chi connectivity index (χ1v) is 9.19. The van der Waals surface area contributed by atoms with Crippen LogP contribution in [0, 0.1) is 0 Å².